The third kappa shape index (κ3) is 6.60. The molecule has 0 fully saturated rings. The average Bonchev–Trinajstić information content (AvgIpc) is 2.97. The van der Waals surface area contributed by atoms with Crippen molar-refractivity contribution >= 4 is 53.0 Å². The van der Waals surface area contributed by atoms with Gasteiger partial charge in [-0.25, -0.2) is 4.98 Å². The summed E-state index contributed by atoms with van der Waals surface area (Å²) < 4.78 is 0. The van der Waals surface area contributed by atoms with Crippen molar-refractivity contribution < 1.29 is 0 Å². The van der Waals surface area contributed by atoms with E-state index in [1.807, 2.05) is 14.0 Å². The van der Waals surface area contributed by atoms with Gasteiger partial charge in [0.25, 0.3) is 0 Å². The molecule has 0 spiro atoms. The van der Waals surface area contributed by atoms with Crippen LogP contribution in [0.2, 0.25) is 0 Å². The normalized spacial score (nSPS) is 11.1. The summed E-state index contributed by atoms with van der Waals surface area (Å²) in [5, 5.41) is 6.65. The van der Waals surface area contributed by atoms with Crippen LogP contribution in [-0.4, -0.2) is 42.7 Å². The number of halogens is 1. The maximum Gasteiger partial charge on any atom is 0.193 e. The minimum Gasteiger partial charge on any atom is -0.356 e. The summed E-state index contributed by atoms with van der Waals surface area (Å²) in [6.07, 6.45) is 3.01. The molecule has 132 valence electrons. The Morgan fingerprint density at radius 1 is 1.33 bits per heavy atom. The number of nitrogens with one attached hydrogen (secondary N) is 1. The van der Waals surface area contributed by atoms with Crippen LogP contribution in [0, 0.1) is 6.92 Å². The number of thiazole rings is 1. The van der Waals surface area contributed by atoms with Crippen LogP contribution in [0.25, 0.3) is 0 Å². The highest BCUT2D eigenvalue weighted by molar-refractivity contribution is 14.0. The predicted molar refractivity (Wildman–Crippen MR) is 117 cm³/mol. The van der Waals surface area contributed by atoms with E-state index in [-0.39, 0.29) is 24.0 Å². The number of nitrogens with zero attached hydrogens (tertiary/aromatic N) is 3. The molecule has 24 heavy (non-hydrogen) atoms. The minimum atomic E-state index is 0. The summed E-state index contributed by atoms with van der Waals surface area (Å²) in [5.41, 5.74) is 2.43. The number of hydrogen-bond donors (Lipinski definition) is 1. The Labute approximate surface area is 170 Å². The molecule has 0 unspecified atom stereocenters. The number of aryl methyl sites for hydroxylation is 1. The molecule has 0 aliphatic rings. The smallest absolute Gasteiger partial charge is 0.193 e. The summed E-state index contributed by atoms with van der Waals surface area (Å²) in [7, 11) is 3.88. The Balaban J connectivity index is 0.00000288. The van der Waals surface area contributed by atoms with Gasteiger partial charge in [-0.2, -0.15) is 0 Å². The van der Waals surface area contributed by atoms with Crippen molar-refractivity contribution in [3.05, 3.63) is 45.9 Å². The van der Waals surface area contributed by atoms with Crippen molar-refractivity contribution in [2.24, 2.45) is 4.99 Å². The summed E-state index contributed by atoms with van der Waals surface area (Å²) in [6, 6.07) is 8.67. The van der Waals surface area contributed by atoms with Crippen molar-refractivity contribution in [1.82, 2.24) is 15.2 Å². The molecule has 0 amide bonds. The number of benzene rings is 1. The first-order chi connectivity index (χ1) is 11.1. The summed E-state index contributed by atoms with van der Waals surface area (Å²) in [4.78, 5) is 12.3. The second-order valence-electron chi connectivity index (χ2n) is 5.29. The fraction of sp³-hybridized carbons (Fsp3) is 0.412. The topological polar surface area (TPSA) is 40.5 Å². The zero-order valence-corrected chi connectivity index (χ0v) is 18.5. The molecular weight excluding hydrogens is 451 g/mol. The van der Waals surface area contributed by atoms with Gasteiger partial charge in [0.15, 0.2) is 5.96 Å². The van der Waals surface area contributed by atoms with E-state index in [1.54, 1.807) is 23.1 Å². The zero-order chi connectivity index (χ0) is 16.7. The molecule has 2 rings (SSSR count). The molecule has 0 bridgehead atoms. The summed E-state index contributed by atoms with van der Waals surface area (Å²) in [6.45, 7) is 3.71. The van der Waals surface area contributed by atoms with E-state index < -0.39 is 0 Å². The first-order valence-electron chi connectivity index (χ1n) is 7.58. The molecule has 0 radical (unpaired) electrons. The Morgan fingerprint density at radius 2 is 2.04 bits per heavy atom. The number of hydrogen-bond acceptors (Lipinski definition) is 4. The average molecular weight is 476 g/mol. The van der Waals surface area contributed by atoms with E-state index in [4.69, 9.17) is 0 Å². The number of guanidine groups is 1. The maximum atomic E-state index is 4.49. The fourth-order valence-corrected chi connectivity index (χ4v) is 3.35. The van der Waals surface area contributed by atoms with Crippen molar-refractivity contribution in [3.8, 4) is 0 Å². The van der Waals surface area contributed by atoms with E-state index in [9.17, 15) is 0 Å². The van der Waals surface area contributed by atoms with Crippen LogP contribution < -0.4 is 5.32 Å². The second-order valence-corrected chi connectivity index (χ2v) is 7.23. The van der Waals surface area contributed by atoms with E-state index in [0.717, 1.165) is 36.2 Å². The molecule has 1 N–H and O–H groups in total. The molecule has 0 aliphatic carbocycles. The molecule has 1 aromatic carbocycles. The van der Waals surface area contributed by atoms with Crippen LogP contribution in [0.15, 0.2) is 39.5 Å². The quantitative estimate of drug-likeness (QED) is 0.296. The van der Waals surface area contributed by atoms with E-state index in [1.165, 1.54) is 10.5 Å². The Hall–Kier alpha value is -0.800. The predicted octanol–water partition coefficient (Wildman–Crippen LogP) is 4.04. The fourth-order valence-electron chi connectivity index (χ4n) is 2.29. The molecule has 1 heterocycles. The molecule has 7 heteroatoms. The van der Waals surface area contributed by atoms with Gasteiger partial charge in [-0.1, -0.05) is 12.1 Å². The summed E-state index contributed by atoms with van der Waals surface area (Å²) in [5.74, 6) is 0.908. The lowest BCUT2D eigenvalue weighted by Gasteiger charge is -2.22. The molecule has 2 aromatic rings. The minimum absolute atomic E-state index is 0. The molecular formula is C17H25IN4S2. The first kappa shape index (κ1) is 21.2. The molecule has 0 saturated carbocycles. The van der Waals surface area contributed by atoms with Gasteiger partial charge in [-0.3, -0.25) is 4.99 Å². The van der Waals surface area contributed by atoms with Gasteiger partial charge < -0.3 is 10.2 Å². The van der Waals surface area contributed by atoms with Crippen LogP contribution in [0.1, 0.15) is 16.3 Å². The Morgan fingerprint density at radius 3 is 2.58 bits per heavy atom. The van der Waals surface area contributed by atoms with Crippen molar-refractivity contribution in [2.75, 3.05) is 26.9 Å². The monoisotopic (exact) mass is 476 g/mol. The SMILES string of the molecule is CN=C(NCCc1csc(C)n1)N(C)Cc1ccc(SC)cc1.I. The number of aromatic nitrogens is 1. The van der Waals surface area contributed by atoms with Crippen molar-refractivity contribution in [1.29, 1.82) is 0 Å². The van der Waals surface area contributed by atoms with Gasteiger partial charge in [0.2, 0.25) is 0 Å². The first-order valence-corrected chi connectivity index (χ1v) is 9.68. The lowest BCUT2D eigenvalue weighted by molar-refractivity contribution is 0.477. The molecule has 0 aliphatic heterocycles. The number of thioether (sulfide) groups is 1. The van der Waals surface area contributed by atoms with Gasteiger partial charge in [0.05, 0.1) is 10.7 Å². The maximum absolute atomic E-state index is 4.49. The van der Waals surface area contributed by atoms with Gasteiger partial charge >= 0.3 is 0 Å². The Kier molecular flexibility index (Phi) is 9.68. The number of rotatable bonds is 6. The highest BCUT2D eigenvalue weighted by atomic mass is 127. The third-order valence-electron chi connectivity index (χ3n) is 3.48. The van der Waals surface area contributed by atoms with Gasteiger partial charge in [0, 0.05) is 43.9 Å². The van der Waals surface area contributed by atoms with Gasteiger partial charge in [0.1, 0.15) is 0 Å². The van der Waals surface area contributed by atoms with Crippen LogP contribution in [0.4, 0.5) is 0 Å². The third-order valence-corrected chi connectivity index (χ3v) is 5.05. The number of aliphatic imine (C=N–C) groups is 1. The van der Waals surface area contributed by atoms with Crippen LogP contribution >= 0.6 is 47.1 Å². The van der Waals surface area contributed by atoms with Gasteiger partial charge in [-0.05, 0) is 30.9 Å². The Bertz CT molecular complexity index is 640. The standard InChI is InChI=1S/C17H24N4S2.HI/c1-13-20-15(12-23-13)9-10-19-17(18-2)21(3)11-14-5-7-16(22-4)8-6-14;/h5-8,12H,9-11H2,1-4H3,(H,18,19);1H. The van der Waals surface area contributed by atoms with E-state index >= 15 is 0 Å². The van der Waals surface area contributed by atoms with Crippen molar-refractivity contribution in [2.45, 2.75) is 24.8 Å². The second kappa shape index (κ2) is 10.9. The zero-order valence-electron chi connectivity index (χ0n) is 14.6. The highest BCUT2D eigenvalue weighted by Crippen LogP contribution is 2.15. The largest absolute Gasteiger partial charge is 0.356 e. The molecule has 1 aromatic heterocycles. The van der Waals surface area contributed by atoms with Crippen molar-refractivity contribution in [3.63, 3.8) is 0 Å². The van der Waals surface area contributed by atoms with Crippen LogP contribution in [0.3, 0.4) is 0 Å². The lowest BCUT2D eigenvalue weighted by Crippen LogP contribution is -2.39. The molecule has 0 atom stereocenters. The lowest BCUT2D eigenvalue weighted by atomic mass is 10.2. The van der Waals surface area contributed by atoms with Crippen LogP contribution in [0.5, 0.6) is 0 Å². The van der Waals surface area contributed by atoms with Crippen LogP contribution in [-0.2, 0) is 13.0 Å². The van der Waals surface area contributed by atoms with E-state index in [0.29, 0.717) is 0 Å². The summed E-state index contributed by atoms with van der Waals surface area (Å²) >= 11 is 3.46. The molecule has 4 nitrogen and oxygen atoms in total. The highest BCUT2D eigenvalue weighted by Gasteiger charge is 2.07. The van der Waals surface area contributed by atoms with E-state index in [2.05, 4.69) is 63.1 Å². The molecule has 0 saturated heterocycles. The van der Waals surface area contributed by atoms with Gasteiger partial charge in [-0.15, -0.1) is 47.1 Å².